The van der Waals surface area contributed by atoms with Crippen molar-refractivity contribution in [1.29, 1.82) is 0 Å². The van der Waals surface area contributed by atoms with E-state index in [1.54, 1.807) is 85.1 Å². The van der Waals surface area contributed by atoms with Crippen molar-refractivity contribution in [2.75, 3.05) is 300 Å². The van der Waals surface area contributed by atoms with Gasteiger partial charge in [0.05, 0.1) is 198 Å². The summed E-state index contributed by atoms with van der Waals surface area (Å²) in [6.07, 6.45) is 1.53. The maximum Gasteiger partial charge on any atom is 2.00 e. The molecule has 6 rings (SSSR count). The van der Waals surface area contributed by atoms with Gasteiger partial charge >= 0.3 is 135 Å². The van der Waals surface area contributed by atoms with Gasteiger partial charge in [0.1, 0.15) is 64.4 Å². The molecule has 0 spiro atoms. The first kappa shape index (κ1) is 134. The molecule has 0 heterocycles. The zero-order valence-corrected chi connectivity index (χ0v) is 93.3. The molecule has 0 aliphatic carbocycles. The standard InChI is InChI=1S/C97H144N4O36.Mn.4Na/c1-112-27-33-118-39-45-124-51-57-130-84-65-74(66-85(131-58-52-125-46-40-119-34-28-113-2)91(84)134-61-55-128-49-43-122-37-31-116-5)71-136-76-63-73(64-77(69-76)137-72-75-67-86(132-59-53-126-47-41-120-35-29-114-3)92(135-62-56-129-50-44-123-38-32-117-6)87(68-75)133-60-54-127-48-42-121-36-30-115-4)70-101-96(111)97(23-14-26-100-95(110)80-17-13-20-83(104)90(80)107,21-7-9-24-98-93(108)78-15-11-18-81(102)88(78)105)22-8-10-25-99-94(109)79-16-12-19-82(103)89(79)106;;;;;/h11-13,15-20,63-69,102-107H,7-10,14,21-62,70-72H2,1-6H3,(H,98,108)(H,99,109)(H,100,110)(H,101,111);;;;;/q;+2;4*+1/p-6. The molecule has 0 saturated carbocycles. The van der Waals surface area contributed by atoms with Crippen molar-refractivity contribution in [3.8, 4) is 80.5 Å². The molecule has 0 unspecified atom stereocenters. The van der Waals surface area contributed by atoms with Gasteiger partial charge in [-0.25, -0.2) is 0 Å². The number of methoxy groups -OCH3 is 6. The number of carbonyl (C=O) groups is 4. The van der Waals surface area contributed by atoms with Crippen molar-refractivity contribution in [3.05, 3.63) is 130 Å². The van der Waals surface area contributed by atoms with E-state index in [-0.39, 0.29) is 408 Å². The number of unbranched alkanes of at least 4 members (excludes halogenated alkanes) is 2. The Balaban J connectivity index is 0.0000202. The number of para-hydroxylation sites is 3. The maximum absolute atomic E-state index is 15.9. The Bertz CT molecular complexity index is 4000. The van der Waals surface area contributed by atoms with Crippen LogP contribution in [0, 0.1) is 5.41 Å². The Kier molecular flexibility index (Phi) is 81.3. The number of hydrogen-bond acceptors (Lipinski definition) is 36. The first-order valence-electron chi connectivity index (χ1n) is 45.9. The van der Waals surface area contributed by atoms with Crippen LogP contribution in [0.4, 0.5) is 0 Å². The fraction of sp³-hybridized carbons (Fsp3) is 0.588. The zero-order valence-electron chi connectivity index (χ0n) is 84.2. The van der Waals surface area contributed by atoms with Gasteiger partial charge in [0, 0.05) is 97.0 Å². The Morgan fingerprint density at radius 3 is 0.775 bits per heavy atom. The molecule has 0 atom stereocenters. The second kappa shape index (κ2) is 86.1. The number of ether oxygens (including phenoxy) is 26. The van der Waals surface area contributed by atoms with Gasteiger partial charge in [0.15, 0.2) is 23.0 Å². The van der Waals surface area contributed by atoms with Crippen LogP contribution in [-0.2, 0) is 127 Å². The molecule has 0 aliphatic heterocycles. The number of rotatable bonds is 86. The average molecular weight is 2080 g/mol. The molecule has 1 radical (unpaired) electrons. The van der Waals surface area contributed by atoms with Gasteiger partial charge in [-0.1, -0.05) is 67.4 Å². The van der Waals surface area contributed by atoms with Crippen molar-refractivity contribution in [2.24, 2.45) is 5.41 Å². The van der Waals surface area contributed by atoms with E-state index in [1.165, 1.54) is 36.4 Å². The first-order valence-corrected chi connectivity index (χ1v) is 45.9. The topological polar surface area (TPSA) is 495 Å². The van der Waals surface area contributed by atoms with E-state index in [1.807, 2.05) is 0 Å². The number of nitrogens with one attached hydrogen (secondary N) is 4. The summed E-state index contributed by atoms with van der Waals surface area (Å²) in [4.78, 5) is 56.3. The van der Waals surface area contributed by atoms with Crippen LogP contribution in [0.25, 0.3) is 0 Å². The van der Waals surface area contributed by atoms with Gasteiger partial charge in [0.25, 0.3) is 17.7 Å². The third-order valence-electron chi connectivity index (χ3n) is 20.1. The summed E-state index contributed by atoms with van der Waals surface area (Å²) >= 11 is 0. The van der Waals surface area contributed by atoms with Crippen LogP contribution in [-0.4, -0.2) is 324 Å². The summed E-state index contributed by atoms with van der Waals surface area (Å²) in [6, 6.07) is 22.9. The molecule has 4 N–H and O–H groups in total. The van der Waals surface area contributed by atoms with Gasteiger partial charge in [0.2, 0.25) is 17.4 Å². The molecular weight excluding hydrogens is 1940 g/mol. The summed E-state index contributed by atoms with van der Waals surface area (Å²) in [5.74, 6) is -6.31. The second-order valence-corrected chi connectivity index (χ2v) is 30.3. The molecular formula is C97H138MnN4Na4O36. The van der Waals surface area contributed by atoms with E-state index in [2.05, 4.69) is 21.3 Å². The van der Waals surface area contributed by atoms with Crippen LogP contribution in [0.2, 0.25) is 0 Å². The third kappa shape index (κ3) is 56.5. The molecule has 0 bridgehead atoms. The Labute approximate surface area is 932 Å². The maximum atomic E-state index is 15.9. The van der Waals surface area contributed by atoms with Crippen molar-refractivity contribution in [2.45, 2.75) is 71.1 Å². The van der Waals surface area contributed by atoms with Crippen molar-refractivity contribution >= 4 is 23.6 Å². The number of amides is 4. The molecule has 0 saturated heterocycles. The Morgan fingerprint density at radius 1 is 0.268 bits per heavy atom. The molecule has 40 nitrogen and oxygen atoms in total. The normalized spacial score (nSPS) is 11.0. The van der Waals surface area contributed by atoms with Gasteiger partial charge < -0.3 is 175 Å². The molecule has 142 heavy (non-hydrogen) atoms. The van der Waals surface area contributed by atoms with Crippen LogP contribution in [0.1, 0.15) is 99.1 Å². The summed E-state index contributed by atoms with van der Waals surface area (Å²) in [5.41, 5.74) is -0.872. The van der Waals surface area contributed by atoms with Crippen LogP contribution in [0.15, 0.2) is 97.1 Å². The first-order chi connectivity index (χ1) is 67.0. The third-order valence-corrected chi connectivity index (χ3v) is 20.1. The summed E-state index contributed by atoms with van der Waals surface area (Å²) in [5, 5.41) is 86.8. The Hall–Kier alpha value is -5.80. The fourth-order valence-corrected chi connectivity index (χ4v) is 13.1. The zero-order chi connectivity index (χ0) is 98.2. The van der Waals surface area contributed by atoms with Crippen LogP contribution >= 0.6 is 0 Å². The van der Waals surface area contributed by atoms with Gasteiger partial charge in [-0.2, -0.15) is 0 Å². The molecule has 6 aromatic rings. The number of carbonyl (C=O) groups excluding carboxylic acids is 4. The quantitative estimate of drug-likeness (QED) is 0.0204. The average Bonchev–Trinajstić information content (AvgIpc) is 0.821. The number of hydrogen-bond donors (Lipinski definition) is 4. The fourth-order valence-electron chi connectivity index (χ4n) is 13.1. The van der Waals surface area contributed by atoms with Crippen LogP contribution in [0.5, 0.6) is 80.5 Å². The second-order valence-electron chi connectivity index (χ2n) is 30.3. The predicted molar refractivity (Wildman–Crippen MR) is 486 cm³/mol. The molecule has 45 heteroatoms. The number of benzene rings is 6. The molecule has 4 amide bonds. The van der Waals surface area contributed by atoms with Crippen LogP contribution < -0.4 is 208 Å². The van der Waals surface area contributed by atoms with E-state index in [9.17, 15) is 45.0 Å². The molecule has 6 aromatic carbocycles. The summed E-state index contributed by atoms with van der Waals surface area (Å²) in [7, 11) is 9.52. The predicted octanol–water partition coefficient (Wildman–Crippen LogP) is -7.34. The van der Waals surface area contributed by atoms with Crippen molar-refractivity contribution in [1.82, 2.24) is 21.3 Å². The van der Waals surface area contributed by atoms with Gasteiger partial charge in [-0.15, -0.1) is 34.5 Å². The van der Waals surface area contributed by atoms with Crippen LogP contribution in [0.3, 0.4) is 0 Å². The SMILES string of the molecule is COCCOCCOCCOc1cc(COc2cc(CNC(=O)C(CCCCNC(=O)c3cccc([O-])c3[O-])(CCCCNC(=O)c3cccc([O-])c3[O-])CCCNC(=O)c3cccc([O-])c3[O-])cc(OCc3cc(OCCOCCOCCOC)c(OCCOCCOCCOC)c(OCCOCCOCCOC)c3)c2)cc(OCCOCCOCCOC)c1OCCOCCOCCOC.[Mn+2].[Na+].[Na+].[Na+].[Na+]. The molecule has 0 aliphatic rings. The Morgan fingerprint density at radius 2 is 0.507 bits per heavy atom. The molecule has 0 fully saturated rings. The minimum atomic E-state index is -1.34. The van der Waals surface area contributed by atoms with E-state index < -0.39 is 63.5 Å². The minimum absolute atomic E-state index is 0. The van der Waals surface area contributed by atoms with Gasteiger partial charge in [-0.05, 0) is 91.6 Å². The van der Waals surface area contributed by atoms with Crippen molar-refractivity contribution < 1.29 is 308 Å². The molecule has 0 aromatic heterocycles. The summed E-state index contributed by atoms with van der Waals surface area (Å²) < 4.78 is 152. The minimum Gasteiger partial charge on any atom is -0.873 e. The van der Waals surface area contributed by atoms with E-state index in [0.717, 1.165) is 18.2 Å². The smallest absolute Gasteiger partial charge is 0.873 e. The van der Waals surface area contributed by atoms with Gasteiger partial charge in [-0.3, -0.25) is 19.2 Å². The molecule has 773 valence electrons. The van der Waals surface area contributed by atoms with E-state index in [4.69, 9.17) is 123 Å². The van der Waals surface area contributed by atoms with E-state index >= 15 is 4.79 Å². The largest absolute Gasteiger partial charge is 2.00 e. The van der Waals surface area contributed by atoms with Crippen molar-refractivity contribution in [3.63, 3.8) is 0 Å². The van der Waals surface area contributed by atoms with E-state index in [0.29, 0.717) is 136 Å². The summed E-state index contributed by atoms with van der Waals surface area (Å²) in [6.45, 7) is 9.05. The monoisotopic (exact) mass is 2080 g/mol.